The zero-order valence-corrected chi connectivity index (χ0v) is 12.6. The molecule has 1 aromatic heterocycles. The molecule has 0 aliphatic rings. The lowest BCUT2D eigenvalue weighted by molar-refractivity contribution is 0.643. The predicted octanol–water partition coefficient (Wildman–Crippen LogP) is 2.00. The van der Waals surface area contributed by atoms with Crippen molar-refractivity contribution in [1.82, 2.24) is 9.78 Å². The Labute approximate surface area is 134 Å². The summed E-state index contributed by atoms with van der Waals surface area (Å²) in [7, 11) is 0. The van der Waals surface area contributed by atoms with Crippen LogP contribution in [0.4, 0.5) is 5.69 Å². The quantitative estimate of drug-likeness (QED) is 0.722. The van der Waals surface area contributed by atoms with E-state index in [1.54, 1.807) is 6.07 Å². The summed E-state index contributed by atoms with van der Waals surface area (Å²) in [6, 6.07) is 18.6. The van der Waals surface area contributed by atoms with Crippen molar-refractivity contribution >= 4 is 5.69 Å². The Morgan fingerprint density at radius 1 is 0.957 bits per heavy atom. The van der Waals surface area contributed by atoms with Gasteiger partial charge in [-0.3, -0.25) is 4.79 Å². The Balaban J connectivity index is 1.93. The van der Waals surface area contributed by atoms with Crippen molar-refractivity contribution in [3.63, 3.8) is 0 Å². The third-order valence-corrected chi connectivity index (χ3v) is 3.64. The van der Waals surface area contributed by atoms with Gasteiger partial charge in [-0.15, -0.1) is 0 Å². The van der Waals surface area contributed by atoms with Crippen LogP contribution in [0.2, 0.25) is 0 Å². The molecule has 116 valence electrons. The lowest BCUT2D eigenvalue weighted by Gasteiger charge is -2.08. The fourth-order valence-corrected chi connectivity index (χ4v) is 2.39. The number of anilines is 1. The maximum absolute atomic E-state index is 12.0. The zero-order valence-electron chi connectivity index (χ0n) is 12.6. The fraction of sp³-hybridized carbons (Fsp3) is 0.111. The molecule has 0 unspecified atom stereocenters. The number of aromatic nitrogens is 2. The summed E-state index contributed by atoms with van der Waals surface area (Å²) in [5, 5.41) is 4.46. The van der Waals surface area contributed by atoms with Crippen LogP contribution in [0.25, 0.3) is 11.3 Å². The van der Waals surface area contributed by atoms with Crippen LogP contribution in [0.15, 0.2) is 65.5 Å². The Bertz CT molecular complexity index is 869. The highest BCUT2D eigenvalue weighted by molar-refractivity contribution is 5.58. The maximum Gasteiger partial charge on any atom is 0.267 e. The van der Waals surface area contributed by atoms with Gasteiger partial charge >= 0.3 is 0 Å². The summed E-state index contributed by atoms with van der Waals surface area (Å²) < 4.78 is 1.45. The number of nitrogen functional groups attached to an aromatic ring is 1. The highest BCUT2D eigenvalue weighted by Gasteiger charge is 2.05. The second kappa shape index (κ2) is 6.46. The van der Waals surface area contributed by atoms with Crippen molar-refractivity contribution < 1.29 is 0 Å². The average molecular weight is 306 g/mol. The standard InChI is InChI=1S/C18H18N4O/c19-11-13-4-6-15(7-5-13)17-8-9-18(23)22(21-17)12-14-2-1-3-16(20)10-14/h1-10H,11-12,19-20H2. The molecule has 0 radical (unpaired) electrons. The summed E-state index contributed by atoms with van der Waals surface area (Å²) in [4.78, 5) is 12.0. The van der Waals surface area contributed by atoms with Gasteiger partial charge in [0.1, 0.15) is 0 Å². The molecule has 0 saturated carbocycles. The Hall–Kier alpha value is -2.92. The van der Waals surface area contributed by atoms with Crippen LogP contribution in [-0.2, 0) is 13.1 Å². The van der Waals surface area contributed by atoms with E-state index in [2.05, 4.69) is 5.10 Å². The normalized spacial score (nSPS) is 10.7. The van der Waals surface area contributed by atoms with Crippen molar-refractivity contribution in [2.24, 2.45) is 5.73 Å². The monoisotopic (exact) mass is 306 g/mol. The van der Waals surface area contributed by atoms with Gasteiger partial charge < -0.3 is 11.5 Å². The Kier molecular flexibility index (Phi) is 4.21. The van der Waals surface area contributed by atoms with Crippen LogP contribution in [0.5, 0.6) is 0 Å². The van der Waals surface area contributed by atoms with E-state index >= 15 is 0 Å². The zero-order chi connectivity index (χ0) is 16.2. The first-order valence-electron chi connectivity index (χ1n) is 7.38. The van der Waals surface area contributed by atoms with Crippen LogP contribution in [0.1, 0.15) is 11.1 Å². The summed E-state index contributed by atoms with van der Waals surface area (Å²) in [6.45, 7) is 0.890. The minimum atomic E-state index is -0.144. The number of rotatable bonds is 4. The van der Waals surface area contributed by atoms with E-state index in [0.29, 0.717) is 18.8 Å². The third kappa shape index (κ3) is 3.46. The number of hydrogen-bond donors (Lipinski definition) is 2. The molecule has 0 aliphatic carbocycles. The van der Waals surface area contributed by atoms with Crippen molar-refractivity contribution in [2.75, 3.05) is 5.73 Å². The Morgan fingerprint density at radius 3 is 2.43 bits per heavy atom. The first-order valence-corrected chi connectivity index (χ1v) is 7.38. The molecule has 3 rings (SSSR count). The first-order chi connectivity index (χ1) is 11.2. The molecule has 4 N–H and O–H groups in total. The molecule has 0 aliphatic heterocycles. The molecule has 5 heteroatoms. The minimum Gasteiger partial charge on any atom is -0.399 e. The van der Waals surface area contributed by atoms with Gasteiger partial charge in [0.2, 0.25) is 0 Å². The molecule has 0 atom stereocenters. The van der Waals surface area contributed by atoms with E-state index in [9.17, 15) is 4.79 Å². The van der Waals surface area contributed by atoms with E-state index < -0.39 is 0 Å². The van der Waals surface area contributed by atoms with Crippen LogP contribution in [-0.4, -0.2) is 9.78 Å². The maximum atomic E-state index is 12.0. The summed E-state index contributed by atoms with van der Waals surface area (Å²) in [5.74, 6) is 0. The first kappa shape index (κ1) is 15.0. The van der Waals surface area contributed by atoms with Crippen molar-refractivity contribution in [3.05, 3.63) is 82.1 Å². The van der Waals surface area contributed by atoms with Crippen molar-refractivity contribution in [2.45, 2.75) is 13.1 Å². The molecule has 0 fully saturated rings. The predicted molar refractivity (Wildman–Crippen MR) is 91.8 cm³/mol. The number of hydrogen-bond acceptors (Lipinski definition) is 4. The van der Waals surface area contributed by atoms with Gasteiger partial charge in [0.25, 0.3) is 5.56 Å². The van der Waals surface area contributed by atoms with Gasteiger partial charge in [0.15, 0.2) is 0 Å². The third-order valence-electron chi connectivity index (χ3n) is 3.64. The number of benzene rings is 2. The Morgan fingerprint density at radius 2 is 1.74 bits per heavy atom. The van der Waals surface area contributed by atoms with Gasteiger partial charge in [-0.1, -0.05) is 36.4 Å². The highest BCUT2D eigenvalue weighted by Crippen LogP contribution is 2.16. The summed E-state index contributed by atoms with van der Waals surface area (Å²) in [6.07, 6.45) is 0. The lowest BCUT2D eigenvalue weighted by Crippen LogP contribution is -2.22. The van der Waals surface area contributed by atoms with Gasteiger partial charge in [0.05, 0.1) is 12.2 Å². The van der Waals surface area contributed by atoms with Crippen LogP contribution in [0, 0.1) is 0 Å². The molecule has 0 bridgehead atoms. The van der Waals surface area contributed by atoms with E-state index in [1.807, 2.05) is 48.5 Å². The molecule has 0 spiro atoms. The van der Waals surface area contributed by atoms with Gasteiger partial charge in [0, 0.05) is 23.9 Å². The van der Waals surface area contributed by atoms with E-state index in [-0.39, 0.29) is 5.56 Å². The minimum absolute atomic E-state index is 0.144. The molecular formula is C18H18N4O. The second-order valence-electron chi connectivity index (χ2n) is 5.36. The average Bonchev–Trinajstić information content (AvgIpc) is 2.57. The van der Waals surface area contributed by atoms with Crippen LogP contribution in [0.3, 0.4) is 0 Å². The van der Waals surface area contributed by atoms with E-state index in [4.69, 9.17) is 11.5 Å². The van der Waals surface area contributed by atoms with Crippen LogP contribution < -0.4 is 17.0 Å². The van der Waals surface area contributed by atoms with Crippen molar-refractivity contribution in [3.8, 4) is 11.3 Å². The molecule has 23 heavy (non-hydrogen) atoms. The highest BCUT2D eigenvalue weighted by atomic mass is 16.1. The molecule has 5 nitrogen and oxygen atoms in total. The summed E-state index contributed by atoms with van der Waals surface area (Å²) in [5.41, 5.74) is 15.6. The molecule has 0 saturated heterocycles. The van der Waals surface area contributed by atoms with Crippen LogP contribution >= 0.6 is 0 Å². The topological polar surface area (TPSA) is 86.9 Å². The fourth-order valence-electron chi connectivity index (χ4n) is 2.39. The van der Waals surface area contributed by atoms with Gasteiger partial charge in [-0.25, -0.2) is 4.68 Å². The molecule has 2 aromatic carbocycles. The van der Waals surface area contributed by atoms with Gasteiger partial charge in [-0.2, -0.15) is 5.10 Å². The summed E-state index contributed by atoms with van der Waals surface area (Å²) >= 11 is 0. The number of nitrogens with zero attached hydrogens (tertiary/aromatic N) is 2. The lowest BCUT2D eigenvalue weighted by atomic mass is 10.1. The second-order valence-corrected chi connectivity index (χ2v) is 5.36. The largest absolute Gasteiger partial charge is 0.399 e. The SMILES string of the molecule is NCc1ccc(-c2ccc(=O)n(Cc3cccc(N)c3)n2)cc1. The molecular weight excluding hydrogens is 288 g/mol. The van der Waals surface area contributed by atoms with Crippen molar-refractivity contribution in [1.29, 1.82) is 0 Å². The number of nitrogens with two attached hydrogens (primary N) is 2. The van der Waals surface area contributed by atoms with E-state index in [1.165, 1.54) is 10.7 Å². The molecule has 3 aromatic rings. The smallest absolute Gasteiger partial charge is 0.267 e. The van der Waals surface area contributed by atoms with Gasteiger partial charge in [-0.05, 0) is 29.3 Å². The molecule has 1 heterocycles. The molecule has 0 amide bonds. The van der Waals surface area contributed by atoms with E-state index in [0.717, 1.165) is 22.4 Å².